The van der Waals surface area contributed by atoms with Gasteiger partial charge in [0, 0.05) is 6.92 Å². The summed E-state index contributed by atoms with van der Waals surface area (Å²) in [6.45, 7) is 4.69. The van der Waals surface area contributed by atoms with Crippen LogP contribution in [0.3, 0.4) is 0 Å². The number of hydrogen-bond acceptors (Lipinski definition) is 3. The first kappa shape index (κ1) is 10.4. The number of allylic oxidation sites excluding steroid dienone is 2. The summed E-state index contributed by atoms with van der Waals surface area (Å²) >= 11 is 0. The molecule has 0 radical (unpaired) electrons. The van der Waals surface area contributed by atoms with Crippen LogP contribution in [0.1, 0.15) is 6.92 Å². The molecule has 0 aliphatic heterocycles. The van der Waals surface area contributed by atoms with Gasteiger partial charge in [-0.15, -0.1) is 0 Å². The molecule has 0 aromatic carbocycles. The first-order valence-electron chi connectivity index (χ1n) is 3.30. The van der Waals surface area contributed by atoms with Crippen molar-refractivity contribution < 1.29 is 14.3 Å². The van der Waals surface area contributed by atoms with Gasteiger partial charge in [-0.1, -0.05) is 12.7 Å². The van der Waals surface area contributed by atoms with Crippen LogP contribution in [-0.4, -0.2) is 19.0 Å². The molecule has 4 nitrogen and oxygen atoms in total. The van der Waals surface area contributed by atoms with Crippen molar-refractivity contribution in [3.8, 4) is 0 Å². The maximum Gasteiger partial charge on any atom is 0.354 e. The summed E-state index contributed by atoms with van der Waals surface area (Å²) < 4.78 is 4.40. The fraction of sp³-hybridized carbons (Fsp3) is 0.250. The third-order valence-electron chi connectivity index (χ3n) is 1.00. The van der Waals surface area contributed by atoms with Gasteiger partial charge in [0.15, 0.2) is 0 Å². The molecule has 1 N–H and O–H groups in total. The molecule has 0 aliphatic carbocycles. The first-order valence-corrected chi connectivity index (χ1v) is 3.30. The molecule has 0 aromatic heterocycles. The van der Waals surface area contributed by atoms with Gasteiger partial charge >= 0.3 is 5.97 Å². The van der Waals surface area contributed by atoms with Gasteiger partial charge in [0.1, 0.15) is 5.70 Å². The van der Waals surface area contributed by atoms with Gasteiger partial charge in [0.05, 0.1) is 7.11 Å². The molecule has 0 aliphatic rings. The Bertz CT molecular complexity index is 230. The Morgan fingerprint density at radius 1 is 1.50 bits per heavy atom. The highest BCUT2D eigenvalue weighted by atomic mass is 16.5. The van der Waals surface area contributed by atoms with E-state index >= 15 is 0 Å². The Morgan fingerprint density at radius 2 is 2.08 bits per heavy atom. The number of esters is 1. The monoisotopic (exact) mass is 169 g/mol. The van der Waals surface area contributed by atoms with Gasteiger partial charge in [-0.05, 0) is 6.08 Å². The van der Waals surface area contributed by atoms with Crippen molar-refractivity contribution in [1.82, 2.24) is 5.32 Å². The van der Waals surface area contributed by atoms with Crippen molar-refractivity contribution in [2.24, 2.45) is 0 Å². The second-order valence-electron chi connectivity index (χ2n) is 1.99. The van der Waals surface area contributed by atoms with Gasteiger partial charge in [-0.25, -0.2) is 4.79 Å². The van der Waals surface area contributed by atoms with Gasteiger partial charge in [-0.3, -0.25) is 4.79 Å². The van der Waals surface area contributed by atoms with Crippen LogP contribution in [0, 0.1) is 0 Å². The number of nitrogens with one attached hydrogen (secondary N) is 1. The van der Waals surface area contributed by atoms with Crippen molar-refractivity contribution in [2.75, 3.05) is 7.11 Å². The lowest BCUT2D eigenvalue weighted by atomic mass is 10.4. The number of methoxy groups -OCH3 is 1. The summed E-state index contributed by atoms with van der Waals surface area (Å²) in [6, 6.07) is 0. The Labute approximate surface area is 70.9 Å². The minimum atomic E-state index is -0.592. The van der Waals surface area contributed by atoms with Crippen LogP contribution in [0.25, 0.3) is 0 Å². The average molecular weight is 169 g/mol. The Balaban J connectivity index is 4.44. The number of carbonyl (C=O) groups is 2. The first-order chi connectivity index (χ1) is 5.61. The van der Waals surface area contributed by atoms with E-state index in [1.165, 1.54) is 26.2 Å². The summed E-state index contributed by atoms with van der Waals surface area (Å²) in [5.41, 5.74) is 0.0833. The van der Waals surface area contributed by atoms with Gasteiger partial charge < -0.3 is 10.1 Å². The van der Waals surface area contributed by atoms with Gasteiger partial charge in [0.2, 0.25) is 5.91 Å². The largest absolute Gasteiger partial charge is 0.464 e. The Hall–Kier alpha value is -1.58. The van der Waals surface area contributed by atoms with Crippen molar-refractivity contribution in [1.29, 1.82) is 0 Å². The lowest BCUT2D eigenvalue weighted by molar-refractivity contribution is -0.137. The van der Waals surface area contributed by atoms with Crippen molar-refractivity contribution in [3.05, 3.63) is 24.4 Å². The van der Waals surface area contributed by atoms with Crippen molar-refractivity contribution >= 4 is 11.9 Å². The van der Waals surface area contributed by atoms with E-state index in [1.54, 1.807) is 0 Å². The number of hydrogen-bond donors (Lipinski definition) is 1. The number of amides is 1. The lowest BCUT2D eigenvalue weighted by Crippen LogP contribution is -2.25. The van der Waals surface area contributed by atoms with E-state index < -0.39 is 5.97 Å². The Kier molecular flexibility index (Phi) is 4.45. The third kappa shape index (κ3) is 3.55. The predicted molar refractivity (Wildman–Crippen MR) is 44.1 cm³/mol. The smallest absolute Gasteiger partial charge is 0.354 e. The molecule has 4 heteroatoms. The van der Waals surface area contributed by atoms with Gasteiger partial charge in [0.25, 0.3) is 0 Å². The molecular formula is C8H11NO3. The fourth-order valence-electron chi connectivity index (χ4n) is 0.578. The van der Waals surface area contributed by atoms with E-state index in [2.05, 4.69) is 16.6 Å². The fourth-order valence-corrected chi connectivity index (χ4v) is 0.578. The highest BCUT2D eigenvalue weighted by Crippen LogP contribution is 1.92. The van der Waals surface area contributed by atoms with E-state index in [0.29, 0.717) is 0 Å². The molecule has 0 bridgehead atoms. The van der Waals surface area contributed by atoms with E-state index in [9.17, 15) is 9.59 Å². The molecule has 0 aromatic rings. The van der Waals surface area contributed by atoms with Crippen LogP contribution in [0.4, 0.5) is 0 Å². The highest BCUT2D eigenvalue weighted by Gasteiger charge is 2.08. The zero-order valence-corrected chi connectivity index (χ0v) is 7.09. The number of rotatable bonds is 3. The van der Waals surface area contributed by atoms with E-state index in [-0.39, 0.29) is 11.6 Å². The summed E-state index contributed by atoms with van der Waals surface area (Å²) in [7, 11) is 1.24. The Morgan fingerprint density at radius 3 is 2.42 bits per heavy atom. The normalized spacial score (nSPS) is 10.3. The highest BCUT2D eigenvalue weighted by molar-refractivity contribution is 5.93. The average Bonchev–Trinajstić information content (AvgIpc) is 2.01. The third-order valence-corrected chi connectivity index (χ3v) is 1.00. The van der Waals surface area contributed by atoms with Crippen molar-refractivity contribution in [2.45, 2.75) is 6.92 Å². The summed E-state index contributed by atoms with van der Waals surface area (Å²) in [5, 5.41) is 2.31. The number of carbonyl (C=O) groups excluding carboxylic acids is 2. The molecule has 0 unspecified atom stereocenters. The zero-order chi connectivity index (χ0) is 9.56. The maximum absolute atomic E-state index is 10.9. The van der Waals surface area contributed by atoms with Crippen LogP contribution in [0.2, 0.25) is 0 Å². The minimum absolute atomic E-state index is 0.0833. The standard InChI is InChI=1S/C8H11NO3/c1-4-5-7(8(11)12-3)9-6(2)10/h4-5H,1H2,2-3H3,(H,9,10)/b7-5-. The SMILES string of the molecule is C=C/C=C(\NC(C)=O)C(=O)OC. The van der Waals surface area contributed by atoms with Gasteiger partial charge in [-0.2, -0.15) is 0 Å². The second kappa shape index (κ2) is 5.12. The molecule has 66 valence electrons. The van der Waals surface area contributed by atoms with E-state index in [1.807, 2.05) is 0 Å². The minimum Gasteiger partial charge on any atom is -0.464 e. The zero-order valence-electron chi connectivity index (χ0n) is 7.09. The summed E-state index contributed by atoms with van der Waals surface area (Å²) in [5.74, 6) is -0.918. The quantitative estimate of drug-likeness (QED) is 0.377. The van der Waals surface area contributed by atoms with E-state index in [0.717, 1.165) is 0 Å². The molecule has 0 rings (SSSR count). The molecule has 0 fully saturated rings. The van der Waals surface area contributed by atoms with Crippen LogP contribution in [0.5, 0.6) is 0 Å². The van der Waals surface area contributed by atoms with Crippen LogP contribution in [-0.2, 0) is 14.3 Å². The van der Waals surface area contributed by atoms with Crippen molar-refractivity contribution in [3.63, 3.8) is 0 Å². The molecule has 0 saturated carbocycles. The second-order valence-corrected chi connectivity index (χ2v) is 1.99. The van der Waals surface area contributed by atoms with Crippen LogP contribution < -0.4 is 5.32 Å². The maximum atomic E-state index is 10.9. The molecule has 1 amide bonds. The molecule has 12 heavy (non-hydrogen) atoms. The summed E-state index contributed by atoms with van der Waals surface area (Å²) in [6.07, 6.45) is 2.76. The molecule has 0 spiro atoms. The lowest BCUT2D eigenvalue weighted by Gasteiger charge is -2.03. The van der Waals surface area contributed by atoms with Crippen LogP contribution in [0.15, 0.2) is 24.4 Å². The number of ether oxygens (including phenoxy) is 1. The summed E-state index contributed by atoms with van der Waals surface area (Å²) in [4.78, 5) is 21.4. The molecule has 0 heterocycles. The van der Waals surface area contributed by atoms with Crippen LogP contribution >= 0.6 is 0 Å². The molecule has 0 atom stereocenters. The topological polar surface area (TPSA) is 55.4 Å². The van der Waals surface area contributed by atoms with E-state index in [4.69, 9.17) is 0 Å². The molecule has 0 saturated heterocycles. The predicted octanol–water partition coefficient (Wildman–Crippen LogP) is 0.365. The molecular weight excluding hydrogens is 158 g/mol.